The maximum atomic E-state index is 11.7. The lowest BCUT2D eigenvalue weighted by atomic mass is 9.76. The fourth-order valence-corrected chi connectivity index (χ4v) is 1.73. The number of nitrogens with two attached hydrogens (primary N) is 2. The first-order valence-corrected chi connectivity index (χ1v) is 5.04. The van der Waals surface area contributed by atoms with E-state index in [0.29, 0.717) is 13.1 Å². The zero-order chi connectivity index (χ0) is 11.4. The second-order valence-corrected chi connectivity index (χ2v) is 4.78. The number of nitrogens with one attached hydrogen (secondary N) is 1. The number of carbonyl (C=O) groups is 1. The van der Waals surface area contributed by atoms with Gasteiger partial charge < -0.3 is 16.8 Å². The lowest BCUT2D eigenvalue weighted by molar-refractivity contribution is -0.128. The van der Waals surface area contributed by atoms with Crippen molar-refractivity contribution in [3.8, 4) is 0 Å². The Kier molecular flexibility index (Phi) is 5.08. The molecule has 0 heterocycles. The van der Waals surface area contributed by atoms with E-state index in [1.165, 1.54) is 0 Å². The van der Waals surface area contributed by atoms with E-state index in [9.17, 15) is 4.79 Å². The summed E-state index contributed by atoms with van der Waals surface area (Å²) in [5.74, 6) is -0.174. The van der Waals surface area contributed by atoms with E-state index in [1.807, 2.05) is 27.7 Å². The van der Waals surface area contributed by atoms with E-state index < -0.39 is 0 Å². The standard InChI is InChI=1S/C10H23N3O/c1-7(12)8(10(2,3)4)9(14)13-6-5-11/h7-8H,5-6,11-12H2,1-4H3,(H,13,14). The Balaban J connectivity index is 4.43. The summed E-state index contributed by atoms with van der Waals surface area (Å²) in [6, 6.07) is -0.146. The van der Waals surface area contributed by atoms with Crippen LogP contribution in [0.2, 0.25) is 0 Å². The molecule has 0 fully saturated rings. The van der Waals surface area contributed by atoms with Crippen LogP contribution in [0.3, 0.4) is 0 Å². The molecule has 2 atom stereocenters. The van der Waals surface area contributed by atoms with Crippen LogP contribution < -0.4 is 16.8 Å². The van der Waals surface area contributed by atoms with Crippen LogP contribution in [0.4, 0.5) is 0 Å². The minimum atomic E-state index is -0.172. The third-order valence-electron chi connectivity index (χ3n) is 2.18. The summed E-state index contributed by atoms with van der Waals surface area (Å²) in [7, 11) is 0. The summed E-state index contributed by atoms with van der Waals surface area (Å²) < 4.78 is 0. The molecule has 0 rings (SSSR count). The molecule has 4 heteroatoms. The van der Waals surface area contributed by atoms with Crippen LogP contribution in [0.25, 0.3) is 0 Å². The topological polar surface area (TPSA) is 81.1 Å². The SMILES string of the molecule is CC(N)C(C(=O)NCCN)C(C)(C)C. The monoisotopic (exact) mass is 201 g/mol. The second kappa shape index (κ2) is 5.32. The molecular weight excluding hydrogens is 178 g/mol. The molecule has 0 bridgehead atoms. The summed E-state index contributed by atoms with van der Waals surface area (Å²) in [5, 5.41) is 2.78. The fourth-order valence-electron chi connectivity index (χ4n) is 1.73. The lowest BCUT2D eigenvalue weighted by Gasteiger charge is -2.32. The van der Waals surface area contributed by atoms with Gasteiger partial charge in [0, 0.05) is 19.1 Å². The maximum absolute atomic E-state index is 11.7. The van der Waals surface area contributed by atoms with E-state index in [0.717, 1.165) is 0 Å². The van der Waals surface area contributed by atoms with Gasteiger partial charge in [0.1, 0.15) is 0 Å². The molecule has 0 radical (unpaired) electrons. The van der Waals surface area contributed by atoms with Gasteiger partial charge in [-0.15, -0.1) is 0 Å². The van der Waals surface area contributed by atoms with E-state index in [2.05, 4.69) is 5.32 Å². The molecule has 0 spiro atoms. The van der Waals surface area contributed by atoms with Crippen LogP contribution in [-0.4, -0.2) is 25.0 Å². The van der Waals surface area contributed by atoms with Crippen LogP contribution in [0.1, 0.15) is 27.7 Å². The first kappa shape index (κ1) is 13.4. The number of carbonyl (C=O) groups excluding carboxylic acids is 1. The molecule has 2 unspecified atom stereocenters. The van der Waals surface area contributed by atoms with Gasteiger partial charge in [-0.05, 0) is 12.3 Å². The molecule has 5 N–H and O–H groups in total. The molecule has 0 aromatic carbocycles. The van der Waals surface area contributed by atoms with Crippen molar-refractivity contribution in [2.24, 2.45) is 22.8 Å². The molecular formula is C10H23N3O. The van der Waals surface area contributed by atoms with Crippen LogP contribution >= 0.6 is 0 Å². The summed E-state index contributed by atoms with van der Waals surface area (Å²) >= 11 is 0. The molecule has 14 heavy (non-hydrogen) atoms. The van der Waals surface area contributed by atoms with Gasteiger partial charge in [-0.1, -0.05) is 20.8 Å². The Morgan fingerprint density at radius 1 is 1.43 bits per heavy atom. The highest BCUT2D eigenvalue weighted by Gasteiger charge is 2.33. The Morgan fingerprint density at radius 3 is 2.21 bits per heavy atom. The van der Waals surface area contributed by atoms with E-state index in [1.54, 1.807) is 0 Å². The van der Waals surface area contributed by atoms with Crippen molar-refractivity contribution in [1.82, 2.24) is 5.32 Å². The number of amides is 1. The van der Waals surface area contributed by atoms with Crippen LogP contribution in [0.15, 0.2) is 0 Å². The van der Waals surface area contributed by atoms with Crippen molar-refractivity contribution >= 4 is 5.91 Å². The number of rotatable bonds is 4. The average molecular weight is 201 g/mol. The molecule has 84 valence electrons. The normalized spacial score (nSPS) is 16.1. The van der Waals surface area contributed by atoms with Crippen LogP contribution in [0, 0.1) is 11.3 Å². The number of hydrogen-bond donors (Lipinski definition) is 3. The summed E-state index contributed by atoms with van der Waals surface area (Å²) in [5.41, 5.74) is 11.0. The van der Waals surface area contributed by atoms with E-state index >= 15 is 0 Å². The van der Waals surface area contributed by atoms with Gasteiger partial charge in [-0.2, -0.15) is 0 Å². The zero-order valence-corrected chi connectivity index (χ0v) is 9.63. The highest BCUT2D eigenvalue weighted by Crippen LogP contribution is 2.27. The molecule has 0 aliphatic carbocycles. The van der Waals surface area contributed by atoms with Gasteiger partial charge in [0.25, 0.3) is 0 Å². The summed E-state index contributed by atoms with van der Waals surface area (Å²) in [4.78, 5) is 11.7. The molecule has 0 aliphatic heterocycles. The molecule has 0 aromatic heterocycles. The molecule has 0 saturated heterocycles. The van der Waals surface area contributed by atoms with Crippen LogP contribution in [-0.2, 0) is 4.79 Å². The van der Waals surface area contributed by atoms with Gasteiger partial charge in [-0.25, -0.2) is 0 Å². The molecule has 1 amide bonds. The quantitative estimate of drug-likeness (QED) is 0.602. The van der Waals surface area contributed by atoms with E-state index in [-0.39, 0.29) is 23.3 Å². The number of hydrogen-bond acceptors (Lipinski definition) is 3. The first-order chi connectivity index (χ1) is 6.30. The minimum Gasteiger partial charge on any atom is -0.355 e. The molecule has 4 nitrogen and oxygen atoms in total. The predicted octanol–water partition coefficient (Wildman–Crippen LogP) is 0.0708. The minimum absolute atomic E-state index is 0.00190. The Morgan fingerprint density at radius 2 is 1.93 bits per heavy atom. The lowest BCUT2D eigenvalue weighted by Crippen LogP contribution is -2.47. The van der Waals surface area contributed by atoms with Crippen molar-refractivity contribution in [2.45, 2.75) is 33.7 Å². The molecule has 0 saturated carbocycles. The van der Waals surface area contributed by atoms with Gasteiger partial charge in [-0.3, -0.25) is 4.79 Å². The van der Waals surface area contributed by atoms with Crippen molar-refractivity contribution in [3.63, 3.8) is 0 Å². The van der Waals surface area contributed by atoms with Crippen molar-refractivity contribution in [2.75, 3.05) is 13.1 Å². The Bertz CT molecular complexity index is 184. The van der Waals surface area contributed by atoms with Gasteiger partial charge >= 0.3 is 0 Å². The highest BCUT2D eigenvalue weighted by molar-refractivity contribution is 5.80. The van der Waals surface area contributed by atoms with Gasteiger partial charge in [0.15, 0.2) is 0 Å². The summed E-state index contributed by atoms with van der Waals surface area (Å²) in [6.07, 6.45) is 0. The predicted molar refractivity (Wildman–Crippen MR) is 58.7 cm³/mol. The molecule has 0 aliphatic rings. The van der Waals surface area contributed by atoms with Crippen molar-refractivity contribution in [1.29, 1.82) is 0 Å². The van der Waals surface area contributed by atoms with Crippen LogP contribution in [0.5, 0.6) is 0 Å². The largest absolute Gasteiger partial charge is 0.355 e. The fraction of sp³-hybridized carbons (Fsp3) is 0.900. The van der Waals surface area contributed by atoms with Gasteiger partial charge in [0.2, 0.25) is 5.91 Å². The third kappa shape index (κ3) is 4.07. The molecule has 0 aromatic rings. The smallest absolute Gasteiger partial charge is 0.225 e. The second-order valence-electron chi connectivity index (χ2n) is 4.78. The zero-order valence-electron chi connectivity index (χ0n) is 9.63. The average Bonchev–Trinajstić information content (AvgIpc) is 1.97. The van der Waals surface area contributed by atoms with Gasteiger partial charge in [0.05, 0.1) is 5.92 Å². The Hall–Kier alpha value is -0.610. The van der Waals surface area contributed by atoms with E-state index in [4.69, 9.17) is 11.5 Å². The maximum Gasteiger partial charge on any atom is 0.225 e. The highest BCUT2D eigenvalue weighted by atomic mass is 16.1. The summed E-state index contributed by atoms with van der Waals surface area (Å²) in [6.45, 7) is 8.88. The first-order valence-electron chi connectivity index (χ1n) is 5.04. The third-order valence-corrected chi connectivity index (χ3v) is 2.18. The van der Waals surface area contributed by atoms with Crippen molar-refractivity contribution < 1.29 is 4.79 Å². The van der Waals surface area contributed by atoms with Crippen molar-refractivity contribution in [3.05, 3.63) is 0 Å². The Labute approximate surface area is 86.4 Å².